The van der Waals surface area contributed by atoms with Gasteiger partial charge in [-0.1, -0.05) is 18.2 Å². The molecule has 3 rings (SSSR count). The zero-order valence-electron chi connectivity index (χ0n) is 11.6. The van der Waals surface area contributed by atoms with Crippen LogP contribution in [0.2, 0.25) is 0 Å². The molecular weight excluding hydrogens is 303 g/mol. The summed E-state index contributed by atoms with van der Waals surface area (Å²) in [6.07, 6.45) is 1.45. The maximum absolute atomic E-state index is 12.9. The fourth-order valence-electron chi connectivity index (χ4n) is 2.00. The van der Waals surface area contributed by atoms with Crippen molar-refractivity contribution in [3.05, 3.63) is 81.3 Å². The van der Waals surface area contributed by atoms with Gasteiger partial charge >= 0.3 is 5.97 Å². The van der Waals surface area contributed by atoms with Crippen LogP contribution in [0, 0.1) is 15.9 Å². The summed E-state index contributed by atoms with van der Waals surface area (Å²) in [4.78, 5) is 26.1. The minimum absolute atomic E-state index is 0.00735. The predicted octanol–water partition coefficient (Wildman–Crippen LogP) is 3.08. The van der Waals surface area contributed by atoms with Gasteiger partial charge in [0.2, 0.25) is 5.90 Å². The normalized spacial score (nSPS) is 15.4. The molecule has 0 aromatic heterocycles. The van der Waals surface area contributed by atoms with E-state index >= 15 is 0 Å². The van der Waals surface area contributed by atoms with E-state index in [2.05, 4.69) is 4.99 Å². The van der Waals surface area contributed by atoms with E-state index in [4.69, 9.17) is 4.74 Å². The van der Waals surface area contributed by atoms with Crippen LogP contribution in [-0.4, -0.2) is 16.8 Å². The lowest BCUT2D eigenvalue weighted by atomic mass is 10.2. The maximum Gasteiger partial charge on any atom is 0.363 e. The fourth-order valence-corrected chi connectivity index (χ4v) is 2.00. The highest BCUT2D eigenvalue weighted by atomic mass is 19.1. The van der Waals surface area contributed by atoms with E-state index in [-0.39, 0.29) is 23.1 Å². The molecule has 0 bridgehead atoms. The number of esters is 1. The Morgan fingerprint density at radius 1 is 1.17 bits per heavy atom. The van der Waals surface area contributed by atoms with E-state index in [1.54, 1.807) is 6.07 Å². The van der Waals surface area contributed by atoms with Crippen LogP contribution in [-0.2, 0) is 9.53 Å². The number of carbonyl (C=O) groups is 1. The third kappa shape index (κ3) is 3.13. The second-order valence-corrected chi connectivity index (χ2v) is 4.70. The van der Waals surface area contributed by atoms with E-state index in [1.165, 1.54) is 48.5 Å². The molecule has 6 nitrogen and oxygen atoms in total. The highest BCUT2D eigenvalue weighted by Crippen LogP contribution is 2.21. The lowest BCUT2D eigenvalue weighted by Gasteiger charge is -1.98. The molecule has 0 N–H and O–H groups in total. The first-order valence-corrected chi connectivity index (χ1v) is 6.56. The number of benzene rings is 2. The molecule has 0 amide bonds. The number of nitro groups is 1. The number of rotatable bonds is 3. The number of aliphatic imine (C=N–C) groups is 1. The minimum atomic E-state index is -0.671. The second-order valence-electron chi connectivity index (χ2n) is 4.70. The molecular formula is C16H9FN2O4. The Morgan fingerprint density at radius 3 is 2.61 bits per heavy atom. The molecule has 0 aliphatic carbocycles. The van der Waals surface area contributed by atoms with Gasteiger partial charge in [-0.05, 0) is 29.8 Å². The SMILES string of the molecule is O=C1OC(c2cccc([N+](=O)[O-])c2)=NC1=Cc1ccc(F)cc1. The van der Waals surface area contributed by atoms with Gasteiger partial charge in [-0.25, -0.2) is 14.2 Å². The number of carbonyl (C=O) groups excluding carboxylic acids is 1. The maximum atomic E-state index is 12.9. The Hall–Kier alpha value is -3.35. The molecule has 23 heavy (non-hydrogen) atoms. The molecule has 0 fully saturated rings. The first kappa shape index (κ1) is 14.6. The van der Waals surface area contributed by atoms with Gasteiger partial charge in [-0.15, -0.1) is 0 Å². The Kier molecular flexibility index (Phi) is 3.68. The second kappa shape index (κ2) is 5.80. The van der Waals surface area contributed by atoms with E-state index in [0.717, 1.165) is 0 Å². The zero-order chi connectivity index (χ0) is 16.4. The standard InChI is InChI=1S/C16H9FN2O4/c17-12-6-4-10(5-7-12)8-14-16(20)23-15(18-14)11-2-1-3-13(9-11)19(21)22/h1-9H. The summed E-state index contributed by atoms with van der Waals surface area (Å²) in [6, 6.07) is 11.1. The molecule has 0 atom stereocenters. The molecule has 2 aromatic rings. The molecule has 7 heteroatoms. The first-order valence-electron chi connectivity index (χ1n) is 6.56. The molecule has 0 saturated carbocycles. The molecule has 0 unspecified atom stereocenters. The molecule has 0 saturated heterocycles. The average molecular weight is 312 g/mol. The van der Waals surface area contributed by atoms with Gasteiger partial charge < -0.3 is 4.74 Å². The Labute approximate surface area is 129 Å². The summed E-state index contributed by atoms with van der Waals surface area (Å²) >= 11 is 0. The minimum Gasteiger partial charge on any atom is -0.402 e. The molecule has 2 aromatic carbocycles. The molecule has 1 heterocycles. The van der Waals surface area contributed by atoms with Crippen molar-refractivity contribution in [1.29, 1.82) is 0 Å². The summed E-state index contributed by atoms with van der Waals surface area (Å²) in [5.41, 5.74) is 0.827. The highest BCUT2D eigenvalue weighted by Gasteiger charge is 2.25. The summed E-state index contributed by atoms with van der Waals surface area (Å²) in [5, 5.41) is 10.8. The number of nitro benzene ring substituents is 1. The number of ether oxygens (including phenoxy) is 1. The molecule has 0 spiro atoms. The van der Waals surface area contributed by atoms with E-state index in [0.29, 0.717) is 11.1 Å². The summed E-state index contributed by atoms with van der Waals surface area (Å²) in [6.45, 7) is 0. The van der Waals surface area contributed by atoms with Crippen molar-refractivity contribution in [1.82, 2.24) is 0 Å². The van der Waals surface area contributed by atoms with Gasteiger partial charge in [0.15, 0.2) is 5.70 Å². The molecule has 1 aliphatic heterocycles. The van der Waals surface area contributed by atoms with Crippen molar-refractivity contribution < 1.29 is 18.8 Å². The van der Waals surface area contributed by atoms with Gasteiger partial charge in [0.25, 0.3) is 5.69 Å². The number of halogens is 1. The van der Waals surface area contributed by atoms with Crippen LogP contribution in [0.4, 0.5) is 10.1 Å². The third-order valence-corrected chi connectivity index (χ3v) is 3.10. The summed E-state index contributed by atoms with van der Waals surface area (Å²) in [5.74, 6) is -1.06. The quantitative estimate of drug-likeness (QED) is 0.377. The fraction of sp³-hybridized carbons (Fsp3) is 0. The lowest BCUT2D eigenvalue weighted by Crippen LogP contribution is -2.05. The van der Waals surface area contributed by atoms with Gasteiger partial charge in [-0.3, -0.25) is 10.1 Å². The molecule has 0 radical (unpaired) electrons. The number of nitrogens with zero attached hydrogens (tertiary/aromatic N) is 2. The monoisotopic (exact) mass is 312 g/mol. The first-order chi connectivity index (χ1) is 11.0. The van der Waals surface area contributed by atoms with Crippen molar-refractivity contribution in [3.8, 4) is 0 Å². The largest absolute Gasteiger partial charge is 0.402 e. The van der Waals surface area contributed by atoms with Gasteiger partial charge in [-0.2, -0.15) is 0 Å². The van der Waals surface area contributed by atoms with Crippen LogP contribution < -0.4 is 0 Å². The van der Waals surface area contributed by atoms with Crippen molar-refractivity contribution >= 4 is 23.6 Å². The summed E-state index contributed by atoms with van der Waals surface area (Å²) < 4.78 is 17.9. The Morgan fingerprint density at radius 2 is 1.91 bits per heavy atom. The van der Waals surface area contributed by atoms with Crippen molar-refractivity contribution in [2.24, 2.45) is 4.99 Å². The van der Waals surface area contributed by atoms with Crippen LogP contribution in [0.1, 0.15) is 11.1 Å². The highest BCUT2D eigenvalue weighted by molar-refractivity contribution is 6.13. The topological polar surface area (TPSA) is 81.8 Å². The van der Waals surface area contributed by atoms with E-state index in [1.807, 2.05) is 0 Å². The van der Waals surface area contributed by atoms with Crippen molar-refractivity contribution in [3.63, 3.8) is 0 Å². The van der Waals surface area contributed by atoms with Crippen molar-refractivity contribution in [2.75, 3.05) is 0 Å². The van der Waals surface area contributed by atoms with E-state index in [9.17, 15) is 19.3 Å². The van der Waals surface area contributed by atoms with Crippen molar-refractivity contribution in [2.45, 2.75) is 0 Å². The van der Waals surface area contributed by atoms with E-state index < -0.39 is 10.9 Å². The third-order valence-electron chi connectivity index (χ3n) is 3.10. The molecule has 1 aliphatic rings. The molecule has 114 valence electrons. The number of non-ortho nitro benzene ring substituents is 1. The van der Waals surface area contributed by atoms with Crippen LogP contribution in [0.25, 0.3) is 6.08 Å². The Bertz CT molecular complexity index is 857. The lowest BCUT2D eigenvalue weighted by molar-refractivity contribution is -0.384. The smallest absolute Gasteiger partial charge is 0.363 e. The summed E-state index contributed by atoms with van der Waals surface area (Å²) in [7, 11) is 0. The Balaban J connectivity index is 1.93. The number of cyclic esters (lactones) is 1. The van der Waals surface area contributed by atoms with Gasteiger partial charge in [0.05, 0.1) is 4.92 Å². The van der Waals surface area contributed by atoms with Gasteiger partial charge in [0, 0.05) is 17.7 Å². The van der Waals surface area contributed by atoms with Gasteiger partial charge in [0.1, 0.15) is 5.82 Å². The number of hydrogen-bond acceptors (Lipinski definition) is 5. The van der Waals surface area contributed by atoms with Crippen LogP contribution >= 0.6 is 0 Å². The van der Waals surface area contributed by atoms with Crippen LogP contribution in [0.15, 0.2) is 59.2 Å². The van der Waals surface area contributed by atoms with Crippen LogP contribution in [0.5, 0.6) is 0 Å². The predicted molar refractivity (Wildman–Crippen MR) is 80.1 cm³/mol. The number of hydrogen-bond donors (Lipinski definition) is 0. The van der Waals surface area contributed by atoms with Crippen LogP contribution in [0.3, 0.4) is 0 Å². The zero-order valence-corrected chi connectivity index (χ0v) is 11.6. The average Bonchev–Trinajstić information content (AvgIpc) is 2.91.